The van der Waals surface area contributed by atoms with Gasteiger partial charge in [-0.3, -0.25) is 14.4 Å². The summed E-state index contributed by atoms with van der Waals surface area (Å²) < 4.78 is 11.5. The highest BCUT2D eigenvalue weighted by Gasteiger charge is 2.71. The lowest BCUT2D eigenvalue weighted by molar-refractivity contribution is -0.250. The van der Waals surface area contributed by atoms with Crippen molar-refractivity contribution in [3.05, 3.63) is 29.7 Å². The van der Waals surface area contributed by atoms with Gasteiger partial charge in [0.05, 0.1) is 19.4 Å². The quantitative estimate of drug-likeness (QED) is 0.182. The van der Waals surface area contributed by atoms with Crippen molar-refractivity contribution >= 4 is 17.8 Å². The summed E-state index contributed by atoms with van der Waals surface area (Å²) in [4.78, 5) is 38.3. The summed E-state index contributed by atoms with van der Waals surface area (Å²) in [5, 5.41) is 16.6. The first kappa shape index (κ1) is 40.5. The highest BCUT2D eigenvalue weighted by molar-refractivity contribution is 5.77. The van der Waals surface area contributed by atoms with Crippen molar-refractivity contribution in [3.63, 3.8) is 0 Å². The molecule has 1 heterocycles. The Morgan fingerprint density at radius 1 is 0.962 bits per heavy atom. The summed E-state index contributed by atoms with van der Waals surface area (Å²) in [6, 6.07) is 1.89. The van der Waals surface area contributed by atoms with Gasteiger partial charge in [0.2, 0.25) is 5.91 Å². The molecule has 5 aliphatic carbocycles. The fraction of sp³-hybridized carbons (Fsp3) is 0.818. The molecule has 8 nitrogen and oxygen atoms in total. The third-order valence-electron chi connectivity index (χ3n) is 16.4. The lowest BCUT2D eigenvalue weighted by Gasteiger charge is -2.73. The second kappa shape index (κ2) is 13.9. The number of aromatic nitrogens is 1. The number of carbonyl (C=O) groups excluding carboxylic acids is 2. The Morgan fingerprint density at radius 2 is 1.67 bits per heavy atom. The van der Waals surface area contributed by atoms with Crippen molar-refractivity contribution in [1.29, 1.82) is 0 Å². The maximum atomic E-state index is 13.7. The van der Waals surface area contributed by atoms with Gasteiger partial charge in [0.1, 0.15) is 17.6 Å². The Labute approximate surface area is 314 Å². The fourth-order valence-electron chi connectivity index (χ4n) is 13.9. The number of rotatable bonds is 10. The first-order valence-corrected chi connectivity index (χ1v) is 19.9. The number of amides is 1. The lowest BCUT2D eigenvalue weighted by atomic mass is 9.32. The molecule has 0 aliphatic heterocycles. The van der Waals surface area contributed by atoms with Gasteiger partial charge in [-0.1, -0.05) is 73.2 Å². The number of nitrogens with one attached hydrogen (secondary N) is 1. The molecule has 5 fully saturated rings. The predicted octanol–water partition coefficient (Wildman–Crippen LogP) is 10.1. The minimum Gasteiger partial charge on any atom is -0.481 e. The summed E-state index contributed by atoms with van der Waals surface area (Å²) in [7, 11) is 0. The van der Waals surface area contributed by atoms with E-state index in [2.05, 4.69) is 58.6 Å². The van der Waals surface area contributed by atoms with Crippen LogP contribution in [-0.2, 0) is 25.7 Å². The van der Waals surface area contributed by atoms with Crippen LogP contribution in [0.3, 0.4) is 0 Å². The summed E-state index contributed by atoms with van der Waals surface area (Å²) in [6.45, 7) is 25.2. The maximum Gasteiger partial charge on any atom is 0.306 e. The standard InChI is InChI=1S/C43H66N2O6.CH4/c1-26(2)29-13-18-43(22-34(46)44-25-28-21-27(3)51-45-28)20-19-41(9)30(37(29)43)11-12-32-40(8)16-15-33(39(6,7)31(40)14-17-42(32,41)10)50-36(49)24-38(4,5)23-35(47)48;/h21,29-33,37H,1,11-20,22-25H2,2-10H3,(H,44,46)(H,47,48);1H4/t29-,30+,31-,32+,33-,37+,40-,41+,42+,43+;/m0./s1. The number of hydrogen-bond acceptors (Lipinski definition) is 6. The zero-order valence-electron chi connectivity index (χ0n) is 33.1. The number of hydrogen-bond donors (Lipinski definition) is 2. The van der Waals surface area contributed by atoms with E-state index in [0.29, 0.717) is 42.6 Å². The lowest BCUT2D eigenvalue weighted by Crippen LogP contribution is -2.67. The van der Waals surface area contributed by atoms with Crippen LogP contribution in [0.4, 0.5) is 0 Å². The van der Waals surface area contributed by atoms with Gasteiger partial charge in [0.15, 0.2) is 0 Å². The molecule has 1 aromatic rings. The smallest absolute Gasteiger partial charge is 0.306 e. The third kappa shape index (κ3) is 6.69. The number of nitrogens with zero attached hydrogens (tertiary/aromatic N) is 1. The van der Waals surface area contributed by atoms with Gasteiger partial charge in [-0.2, -0.15) is 0 Å². The van der Waals surface area contributed by atoms with E-state index in [-0.39, 0.29) is 65.3 Å². The van der Waals surface area contributed by atoms with Crippen molar-refractivity contribution in [3.8, 4) is 0 Å². The molecule has 8 heteroatoms. The van der Waals surface area contributed by atoms with Crippen LogP contribution in [0, 0.1) is 69.0 Å². The Bertz CT molecular complexity index is 1540. The fourth-order valence-corrected chi connectivity index (χ4v) is 13.9. The molecule has 0 bridgehead atoms. The summed E-state index contributed by atoms with van der Waals surface area (Å²) in [5.74, 6) is 2.23. The molecule has 0 radical (unpaired) electrons. The molecule has 52 heavy (non-hydrogen) atoms. The number of aryl methyl sites for hydroxylation is 1. The molecular formula is C44H70N2O6. The summed E-state index contributed by atoms with van der Waals surface area (Å²) in [6.07, 6.45) is 11.6. The van der Waals surface area contributed by atoms with E-state index >= 15 is 0 Å². The second-order valence-electron chi connectivity index (χ2n) is 20.2. The van der Waals surface area contributed by atoms with Crippen molar-refractivity contribution in [2.75, 3.05) is 0 Å². The topological polar surface area (TPSA) is 119 Å². The second-order valence-corrected chi connectivity index (χ2v) is 20.2. The highest BCUT2D eigenvalue weighted by atomic mass is 16.5. The molecule has 5 aliphatic rings. The van der Waals surface area contributed by atoms with E-state index in [1.165, 1.54) is 24.8 Å². The third-order valence-corrected chi connectivity index (χ3v) is 16.4. The van der Waals surface area contributed by atoms with Crippen LogP contribution in [0.5, 0.6) is 0 Å². The Hall–Kier alpha value is -2.64. The summed E-state index contributed by atoms with van der Waals surface area (Å²) in [5.41, 5.74) is 1.75. The SMILES string of the molecule is C.C=C(C)[C@@H]1CC[C@]2(CC(=O)NCc3cc(C)on3)CC[C@]3(C)[C@H](CC[C@@H]4[C@@]5(C)CC[C@H](OC(=O)CC(C)(C)CC(=O)O)C(C)(C)[C@@H]5CC[C@]43C)[C@@H]12. The molecule has 2 N–H and O–H groups in total. The average molecular weight is 723 g/mol. The number of aliphatic carboxylic acids is 1. The van der Waals surface area contributed by atoms with Gasteiger partial charge in [0, 0.05) is 17.9 Å². The van der Waals surface area contributed by atoms with E-state index < -0.39 is 11.4 Å². The summed E-state index contributed by atoms with van der Waals surface area (Å²) >= 11 is 0. The number of fused-ring (bicyclic) bond motifs is 7. The zero-order valence-corrected chi connectivity index (χ0v) is 33.1. The Morgan fingerprint density at radius 3 is 2.31 bits per heavy atom. The molecule has 0 aromatic carbocycles. The van der Waals surface area contributed by atoms with Crippen LogP contribution in [0.2, 0.25) is 0 Å². The van der Waals surface area contributed by atoms with Crippen LogP contribution in [0.1, 0.15) is 158 Å². The molecule has 0 unspecified atom stereocenters. The number of carbonyl (C=O) groups is 3. The molecule has 5 saturated carbocycles. The van der Waals surface area contributed by atoms with Crippen LogP contribution in [-0.4, -0.2) is 34.2 Å². The van der Waals surface area contributed by atoms with Crippen LogP contribution in [0.15, 0.2) is 22.7 Å². The minimum absolute atomic E-state index is 0. The van der Waals surface area contributed by atoms with Crippen LogP contribution in [0.25, 0.3) is 0 Å². The molecule has 1 amide bonds. The maximum absolute atomic E-state index is 13.7. The molecule has 1 aromatic heterocycles. The first-order chi connectivity index (χ1) is 23.7. The van der Waals surface area contributed by atoms with Crippen molar-refractivity contribution in [1.82, 2.24) is 10.5 Å². The van der Waals surface area contributed by atoms with Crippen LogP contribution >= 0.6 is 0 Å². The molecule has 6 rings (SSSR count). The van der Waals surface area contributed by atoms with E-state index in [0.717, 1.165) is 56.4 Å². The number of esters is 1. The number of allylic oxidation sites excluding steroid dienone is 1. The zero-order chi connectivity index (χ0) is 37.4. The van der Waals surface area contributed by atoms with E-state index in [9.17, 15) is 19.5 Å². The molecule has 292 valence electrons. The van der Waals surface area contributed by atoms with E-state index in [4.69, 9.17) is 9.26 Å². The van der Waals surface area contributed by atoms with Crippen molar-refractivity contribution in [2.24, 2.45) is 62.1 Å². The van der Waals surface area contributed by atoms with Crippen molar-refractivity contribution < 1.29 is 28.8 Å². The van der Waals surface area contributed by atoms with Gasteiger partial charge in [0.25, 0.3) is 0 Å². The van der Waals surface area contributed by atoms with Crippen LogP contribution < -0.4 is 5.32 Å². The first-order valence-electron chi connectivity index (χ1n) is 19.9. The van der Waals surface area contributed by atoms with E-state index in [1.807, 2.05) is 26.8 Å². The Balaban J connectivity index is 0.00000523. The number of carboxylic acid groups (broad SMARTS) is 1. The van der Waals surface area contributed by atoms with Gasteiger partial charge in [-0.25, -0.2) is 0 Å². The molecular weight excluding hydrogens is 652 g/mol. The molecule has 0 spiro atoms. The van der Waals surface area contributed by atoms with Gasteiger partial charge in [-0.15, -0.1) is 0 Å². The number of carboxylic acids is 1. The van der Waals surface area contributed by atoms with Gasteiger partial charge >= 0.3 is 11.9 Å². The van der Waals surface area contributed by atoms with Gasteiger partial charge in [-0.05, 0) is 135 Å². The Kier molecular flexibility index (Phi) is 10.8. The average Bonchev–Trinajstić information content (AvgIpc) is 3.60. The largest absolute Gasteiger partial charge is 0.481 e. The monoisotopic (exact) mass is 723 g/mol. The van der Waals surface area contributed by atoms with Crippen molar-refractivity contribution in [2.45, 2.75) is 166 Å². The molecule has 0 saturated heterocycles. The minimum atomic E-state index is -0.887. The van der Waals surface area contributed by atoms with E-state index in [1.54, 1.807) is 0 Å². The molecule has 10 atom stereocenters. The normalized spacial score (nSPS) is 39.1. The predicted molar refractivity (Wildman–Crippen MR) is 204 cm³/mol. The van der Waals surface area contributed by atoms with Gasteiger partial charge < -0.3 is 19.7 Å². The number of ether oxygens (including phenoxy) is 1. The highest BCUT2D eigenvalue weighted by Crippen LogP contribution is 2.78.